The minimum Gasteiger partial charge on any atom is -0.493 e. The Bertz CT molecular complexity index is 974. The van der Waals surface area contributed by atoms with Gasteiger partial charge in [-0.05, 0) is 60.3 Å². The quantitative estimate of drug-likeness (QED) is 0.251. The van der Waals surface area contributed by atoms with E-state index in [0.717, 1.165) is 5.56 Å². The predicted molar refractivity (Wildman–Crippen MR) is 122 cm³/mol. The molecular weight excluding hydrogens is 418 g/mol. The van der Waals surface area contributed by atoms with Gasteiger partial charge in [0.05, 0.1) is 14.2 Å². The molecule has 0 aliphatic heterocycles. The first-order valence-electron chi connectivity index (χ1n) is 9.12. The molecule has 0 aliphatic carbocycles. The smallest absolute Gasteiger partial charge is 0.269 e. The third kappa shape index (κ3) is 7.48. The van der Waals surface area contributed by atoms with Crippen molar-refractivity contribution in [2.75, 3.05) is 20.8 Å². The van der Waals surface area contributed by atoms with Crippen LogP contribution in [0.1, 0.15) is 15.9 Å². The minimum absolute atomic E-state index is 0.0544. The Balaban J connectivity index is 1.82. The summed E-state index contributed by atoms with van der Waals surface area (Å²) in [5.41, 5.74) is 6.02. The molecule has 3 N–H and O–H groups in total. The van der Waals surface area contributed by atoms with Gasteiger partial charge in [0.25, 0.3) is 5.91 Å². The Kier molecular flexibility index (Phi) is 9.06. The van der Waals surface area contributed by atoms with Gasteiger partial charge < -0.3 is 14.2 Å². The second-order valence-corrected chi connectivity index (χ2v) is 6.38. The van der Waals surface area contributed by atoms with Gasteiger partial charge in [-0.1, -0.05) is 18.7 Å². The zero-order valence-corrected chi connectivity index (χ0v) is 18.0. The van der Waals surface area contributed by atoms with Crippen molar-refractivity contribution in [3.8, 4) is 17.2 Å². The highest BCUT2D eigenvalue weighted by molar-refractivity contribution is 7.80. The molecule has 0 atom stereocenters. The molecule has 8 nitrogen and oxygen atoms in total. The summed E-state index contributed by atoms with van der Waals surface area (Å²) in [6.45, 7) is 3.95. The van der Waals surface area contributed by atoms with Gasteiger partial charge in [0, 0.05) is 11.6 Å². The summed E-state index contributed by atoms with van der Waals surface area (Å²) in [6.07, 6.45) is 4.52. The molecule has 2 amide bonds. The van der Waals surface area contributed by atoms with Gasteiger partial charge in [0.1, 0.15) is 12.4 Å². The zero-order chi connectivity index (χ0) is 22.6. The fourth-order valence-corrected chi connectivity index (χ4v) is 2.51. The number of methoxy groups -OCH3 is 2. The Labute approximate surface area is 185 Å². The number of ether oxygens (including phenoxy) is 3. The van der Waals surface area contributed by atoms with E-state index in [1.165, 1.54) is 13.2 Å². The van der Waals surface area contributed by atoms with Crippen LogP contribution in [0.3, 0.4) is 0 Å². The Hall–Kier alpha value is -3.85. The topological polar surface area (TPSA) is 97.9 Å². The first-order chi connectivity index (χ1) is 15.0. The van der Waals surface area contributed by atoms with Crippen molar-refractivity contribution in [2.45, 2.75) is 0 Å². The molecule has 0 spiro atoms. The van der Waals surface area contributed by atoms with E-state index in [0.29, 0.717) is 29.4 Å². The maximum atomic E-state index is 12.1. The second-order valence-electron chi connectivity index (χ2n) is 5.97. The molecule has 0 aliphatic rings. The van der Waals surface area contributed by atoms with E-state index >= 15 is 0 Å². The summed E-state index contributed by atoms with van der Waals surface area (Å²) in [4.78, 5) is 24.2. The summed E-state index contributed by atoms with van der Waals surface area (Å²) in [5.74, 6) is 0.862. The molecule has 0 saturated carbocycles. The van der Waals surface area contributed by atoms with Gasteiger partial charge in [0.2, 0.25) is 5.91 Å². The molecule has 0 unspecified atom stereocenters. The second kappa shape index (κ2) is 12.0. The molecule has 0 bridgehead atoms. The van der Waals surface area contributed by atoms with E-state index in [4.69, 9.17) is 26.4 Å². The van der Waals surface area contributed by atoms with Crippen LogP contribution >= 0.6 is 12.2 Å². The van der Waals surface area contributed by atoms with Crippen molar-refractivity contribution in [2.24, 2.45) is 0 Å². The van der Waals surface area contributed by atoms with Crippen molar-refractivity contribution in [1.29, 1.82) is 0 Å². The van der Waals surface area contributed by atoms with Crippen molar-refractivity contribution in [3.05, 3.63) is 72.3 Å². The molecule has 31 heavy (non-hydrogen) atoms. The van der Waals surface area contributed by atoms with E-state index < -0.39 is 11.8 Å². The van der Waals surface area contributed by atoms with Gasteiger partial charge in [-0.25, -0.2) is 0 Å². The van der Waals surface area contributed by atoms with Crippen molar-refractivity contribution >= 4 is 35.2 Å². The SMILES string of the molecule is C=CCOc1ccc(C(=O)NNC(=S)NC(=O)/C=C/c2ccc(OC)c(OC)c2)cc1. The number of hydrogen-bond donors (Lipinski definition) is 3. The van der Waals surface area contributed by atoms with Crippen LogP contribution in [-0.2, 0) is 4.79 Å². The van der Waals surface area contributed by atoms with Crippen molar-refractivity contribution < 1.29 is 23.8 Å². The summed E-state index contributed by atoms with van der Waals surface area (Å²) >= 11 is 5.01. The highest BCUT2D eigenvalue weighted by Crippen LogP contribution is 2.27. The molecule has 2 aromatic carbocycles. The third-order valence-electron chi connectivity index (χ3n) is 3.85. The van der Waals surface area contributed by atoms with Crippen LogP contribution in [0.25, 0.3) is 6.08 Å². The summed E-state index contributed by atoms with van der Waals surface area (Å²) in [7, 11) is 3.07. The molecule has 0 aromatic heterocycles. The maximum absolute atomic E-state index is 12.1. The maximum Gasteiger partial charge on any atom is 0.269 e. The third-order valence-corrected chi connectivity index (χ3v) is 4.05. The molecule has 2 aromatic rings. The fraction of sp³-hybridized carbons (Fsp3) is 0.136. The van der Waals surface area contributed by atoms with E-state index in [2.05, 4.69) is 22.7 Å². The number of nitrogens with one attached hydrogen (secondary N) is 3. The van der Waals surface area contributed by atoms with Crippen LogP contribution in [0.5, 0.6) is 17.2 Å². The van der Waals surface area contributed by atoms with Gasteiger partial charge in [-0.2, -0.15) is 0 Å². The van der Waals surface area contributed by atoms with Crippen molar-refractivity contribution in [3.63, 3.8) is 0 Å². The van der Waals surface area contributed by atoms with Crippen LogP contribution in [0.4, 0.5) is 0 Å². The van der Waals surface area contributed by atoms with E-state index in [9.17, 15) is 9.59 Å². The highest BCUT2D eigenvalue weighted by atomic mass is 32.1. The average Bonchev–Trinajstić information content (AvgIpc) is 2.79. The molecule has 0 fully saturated rings. The van der Waals surface area contributed by atoms with Crippen LogP contribution < -0.4 is 30.4 Å². The lowest BCUT2D eigenvalue weighted by atomic mass is 10.2. The molecule has 0 heterocycles. The molecular formula is C22H23N3O5S. The van der Waals surface area contributed by atoms with Gasteiger partial charge >= 0.3 is 0 Å². The Morgan fingerprint density at radius 3 is 2.39 bits per heavy atom. The summed E-state index contributed by atoms with van der Waals surface area (Å²) < 4.78 is 15.8. The summed E-state index contributed by atoms with van der Waals surface area (Å²) in [5, 5.41) is 2.38. The van der Waals surface area contributed by atoms with Crippen LogP contribution in [0.2, 0.25) is 0 Å². The normalized spacial score (nSPS) is 10.1. The number of benzene rings is 2. The lowest BCUT2D eigenvalue weighted by molar-refractivity contribution is -0.115. The standard InChI is InChI=1S/C22H23N3O5S/c1-4-13-30-17-9-7-16(8-10-17)21(27)24-25-22(31)23-20(26)12-6-15-5-11-18(28-2)19(14-15)29-3/h4-12,14H,1,13H2,2-3H3,(H,24,27)(H2,23,25,26,31)/b12-6+. The first-order valence-corrected chi connectivity index (χ1v) is 9.52. The molecule has 9 heteroatoms. The van der Waals surface area contributed by atoms with Gasteiger partial charge in [0.15, 0.2) is 16.6 Å². The Morgan fingerprint density at radius 2 is 1.74 bits per heavy atom. The lowest BCUT2D eigenvalue weighted by Crippen LogP contribution is -2.48. The van der Waals surface area contributed by atoms with Gasteiger partial charge in [-0.3, -0.25) is 25.8 Å². The van der Waals surface area contributed by atoms with Crippen LogP contribution in [-0.4, -0.2) is 37.8 Å². The monoisotopic (exact) mass is 441 g/mol. The zero-order valence-electron chi connectivity index (χ0n) is 17.1. The van der Waals surface area contributed by atoms with Gasteiger partial charge in [-0.15, -0.1) is 0 Å². The summed E-state index contributed by atoms with van der Waals surface area (Å²) in [6, 6.07) is 11.8. The van der Waals surface area contributed by atoms with E-state index in [1.54, 1.807) is 61.7 Å². The minimum atomic E-state index is -0.467. The number of thiocarbonyl (C=S) groups is 1. The van der Waals surface area contributed by atoms with E-state index in [1.807, 2.05) is 0 Å². The largest absolute Gasteiger partial charge is 0.493 e. The number of rotatable bonds is 8. The van der Waals surface area contributed by atoms with Crippen molar-refractivity contribution in [1.82, 2.24) is 16.2 Å². The fourth-order valence-electron chi connectivity index (χ4n) is 2.36. The first kappa shape index (κ1) is 23.4. The molecule has 162 valence electrons. The Morgan fingerprint density at radius 1 is 1.03 bits per heavy atom. The highest BCUT2D eigenvalue weighted by Gasteiger charge is 2.07. The lowest BCUT2D eigenvalue weighted by Gasteiger charge is -2.10. The molecule has 2 rings (SSSR count). The number of carbonyl (C=O) groups excluding carboxylic acids is 2. The van der Waals surface area contributed by atoms with Crippen LogP contribution in [0, 0.1) is 0 Å². The number of carbonyl (C=O) groups is 2. The predicted octanol–water partition coefficient (Wildman–Crippen LogP) is 2.62. The molecule has 0 radical (unpaired) electrons. The molecule has 0 saturated heterocycles. The van der Waals surface area contributed by atoms with E-state index in [-0.39, 0.29) is 5.11 Å². The number of hydrogen-bond acceptors (Lipinski definition) is 6. The number of hydrazine groups is 1. The van der Waals surface area contributed by atoms with Crippen LogP contribution in [0.15, 0.2) is 61.2 Å². The number of amides is 2. The average molecular weight is 442 g/mol.